The number of rotatable bonds is 4. The van der Waals surface area contributed by atoms with Gasteiger partial charge in [-0.15, -0.1) is 0 Å². The van der Waals surface area contributed by atoms with E-state index < -0.39 is 11.4 Å². The van der Waals surface area contributed by atoms with Crippen LogP contribution in [0.15, 0.2) is 0 Å². The minimum absolute atomic E-state index is 0.0551. The Hall–Kier alpha value is -1.06. The van der Waals surface area contributed by atoms with Gasteiger partial charge in [0.25, 0.3) is 0 Å². The molecule has 0 radical (unpaired) electrons. The monoisotopic (exact) mass is 309 g/mol. The van der Waals surface area contributed by atoms with Gasteiger partial charge in [0.15, 0.2) is 0 Å². The van der Waals surface area contributed by atoms with Crippen LogP contribution in [0.1, 0.15) is 59.8 Å². The molecule has 4 heteroatoms. The van der Waals surface area contributed by atoms with Gasteiger partial charge in [0.2, 0.25) is 5.91 Å². The zero-order valence-corrected chi connectivity index (χ0v) is 14.5. The first kappa shape index (κ1) is 17.3. The summed E-state index contributed by atoms with van der Waals surface area (Å²) in [6, 6.07) is 0. The summed E-state index contributed by atoms with van der Waals surface area (Å²) in [5.41, 5.74) is -0.745. The summed E-state index contributed by atoms with van der Waals surface area (Å²) in [7, 11) is 0. The molecular formula is C18H31NO3. The van der Waals surface area contributed by atoms with E-state index >= 15 is 0 Å². The summed E-state index contributed by atoms with van der Waals surface area (Å²) in [6.07, 6.45) is 4.80. The van der Waals surface area contributed by atoms with Crippen LogP contribution in [-0.2, 0) is 9.59 Å². The van der Waals surface area contributed by atoms with Crippen molar-refractivity contribution in [2.75, 3.05) is 13.1 Å². The van der Waals surface area contributed by atoms with Crippen molar-refractivity contribution in [3.63, 3.8) is 0 Å². The minimum atomic E-state index is -0.749. The van der Waals surface area contributed by atoms with Gasteiger partial charge in [-0.1, -0.05) is 27.7 Å². The Morgan fingerprint density at radius 2 is 1.68 bits per heavy atom. The van der Waals surface area contributed by atoms with Crippen LogP contribution in [-0.4, -0.2) is 35.0 Å². The standard InChI is InChI=1S/C18H31NO3/c1-12(2)14-5-7-15(8-6-14)16(20)19-10-9-18(11-19,13(3)4)17(21)22/h12-15H,5-11H2,1-4H3,(H,21,22). The van der Waals surface area contributed by atoms with Gasteiger partial charge in [0.05, 0.1) is 5.41 Å². The molecule has 1 aliphatic heterocycles. The van der Waals surface area contributed by atoms with Gasteiger partial charge < -0.3 is 10.0 Å². The lowest BCUT2D eigenvalue weighted by Crippen LogP contribution is -2.42. The Kier molecular flexibility index (Phi) is 5.18. The second-order valence-electron chi connectivity index (χ2n) is 7.98. The summed E-state index contributed by atoms with van der Waals surface area (Å²) in [4.78, 5) is 26.3. The molecule has 0 aromatic heterocycles. The lowest BCUT2D eigenvalue weighted by atomic mass is 9.76. The highest BCUT2D eigenvalue weighted by atomic mass is 16.4. The quantitative estimate of drug-likeness (QED) is 0.866. The molecule has 2 aliphatic rings. The average Bonchev–Trinajstić information content (AvgIpc) is 2.93. The highest BCUT2D eigenvalue weighted by molar-refractivity contribution is 5.82. The van der Waals surface area contributed by atoms with Crippen molar-refractivity contribution in [3.8, 4) is 0 Å². The van der Waals surface area contributed by atoms with Crippen molar-refractivity contribution in [2.24, 2.45) is 29.1 Å². The first-order valence-electron chi connectivity index (χ1n) is 8.80. The van der Waals surface area contributed by atoms with Crippen molar-refractivity contribution in [1.82, 2.24) is 4.90 Å². The van der Waals surface area contributed by atoms with E-state index in [1.165, 1.54) is 0 Å². The van der Waals surface area contributed by atoms with E-state index in [9.17, 15) is 14.7 Å². The normalized spacial score (nSPS) is 32.7. The average molecular weight is 309 g/mol. The summed E-state index contributed by atoms with van der Waals surface area (Å²) >= 11 is 0. The lowest BCUT2D eigenvalue weighted by Gasteiger charge is -2.33. The highest BCUT2D eigenvalue weighted by Gasteiger charge is 2.49. The second kappa shape index (κ2) is 6.59. The van der Waals surface area contributed by atoms with Crippen molar-refractivity contribution in [1.29, 1.82) is 0 Å². The van der Waals surface area contributed by atoms with Crippen molar-refractivity contribution in [2.45, 2.75) is 59.8 Å². The lowest BCUT2D eigenvalue weighted by molar-refractivity contribution is -0.151. The molecule has 0 aromatic carbocycles. The molecule has 1 amide bonds. The Bertz CT molecular complexity index is 424. The van der Waals surface area contributed by atoms with Crippen LogP contribution >= 0.6 is 0 Å². The zero-order valence-electron chi connectivity index (χ0n) is 14.5. The van der Waals surface area contributed by atoms with E-state index in [0.717, 1.165) is 31.6 Å². The Labute approximate surface area is 134 Å². The molecular weight excluding hydrogens is 278 g/mol. The molecule has 1 saturated carbocycles. The maximum absolute atomic E-state index is 12.7. The maximum atomic E-state index is 12.7. The second-order valence-corrected chi connectivity index (χ2v) is 7.98. The number of carboxylic acids is 1. The number of hydrogen-bond donors (Lipinski definition) is 1. The van der Waals surface area contributed by atoms with Gasteiger partial charge in [-0.3, -0.25) is 9.59 Å². The number of carboxylic acid groups (broad SMARTS) is 1. The van der Waals surface area contributed by atoms with E-state index in [1.807, 2.05) is 18.7 Å². The van der Waals surface area contributed by atoms with E-state index in [-0.39, 0.29) is 17.7 Å². The van der Waals surface area contributed by atoms with Crippen LogP contribution in [0, 0.1) is 29.1 Å². The van der Waals surface area contributed by atoms with Crippen molar-refractivity contribution >= 4 is 11.9 Å². The molecule has 0 spiro atoms. The van der Waals surface area contributed by atoms with Crippen LogP contribution in [0.3, 0.4) is 0 Å². The number of hydrogen-bond acceptors (Lipinski definition) is 2. The van der Waals surface area contributed by atoms with Gasteiger partial charge in [0.1, 0.15) is 0 Å². The Morgan fingerprint density at radius 3 is 2.09 bits per heavy atom. The Balaban J connectivity index is 1.96. The number of amides is 1. The van der Waals surface area contributed by atoms with Gasteiger partial charge in [-0.2, -0.15) is 0 Å². The fraction of sp³-hybridized carbons (Fsp3) is 0.889. The number of carbonyl (C=O) groups is 2. The zero-order chi connectivity index (χ0) is 16.5. The molecule has 1 N–H and O–H groups in total. The molecule has 1 unspecified atom stereocenters. The highest BCUT2D eigenvalue weighted by Crippen LogP contribution is 2.40. The maximum Gasteiger partial charge on any atom is 0.311 e. The summed E-state index contributed by atoms with van der Waals surface area (Å²) in [5.74, 6) is 1.07. The molecule has 1 atom stereocenters. The number of likely N-dealkylation sites (tertiary alicyclic amines) is 1. The van der Waals surface area contributed by atoms with Gasteiger partial charge in [0, 0.05) is 19.0 Å². The molecule has 1 saturated heterocycles. The fourth-order valence-corrected chi connectivity index (χ4v) is 4.21. The van der Waals surface area contributed by atoms with Crippen LogP contribution in [0.4, 0.5) is 0 Å². The largest absolute Gasteiger partial charge is 0.481 e. The first-order valence-corrected chi connectivity index (χ1v) is 8.80. The van der Waals surface area contributed by atoms with Crippen LogP contribution in [0.25, 0.3) is 0 Å². The molecule has 126 valence electrons. The summed E-state index contributed by atoms with van der Waals surface area (Å²) in [5, 5.41) is 9.60. The number of aliphatic carboxylic acids is 1. The minimum Gasteiger partial charge on any atom is -0.481 e. The third kappa shape index (κ3) is 3.16. The molecule has 0 aromatic rings. The van der Waals surface area contributed by atoms with Gasteiger partial charge in [-0.05, 0) is 49.9 Å². The third-order valence-electron chi connectivity index (χ3n) is 6.21. The smallest absolute Gasteiger partial charge is 0.311 e. The number of nitrogens with zero attached hydrogens (tertiary/aromatic N) is 1. The fourth-order valence-electron chi connectivity index (χ4n) is 4.21. The van der Waals surface area contributed by atoms with Crippen LogP contribution in [0.2, 0.25) is 0 Å². The molecule has 1 heterocycles. The SMILES string of the molecule is CC(C)C1CCC(C(=O)N2CCC(C(=O)O)(C(C)C)C2)CC1. The summed E-state index contributed by atoms with van der Waals surface area (Å²) < 4.78 is 0. The molecule has 1 aliphatic carbocycles. The molecule has 2 fully saturated rings. The summed E-state index contributed by atoms with van der Waals surface area (Å²) in [6.45, 7) is 9.43. The van der Waals surface area contributed by atoms with E-state index in [4.69, 9.17) is 0 Å². The Morgan fingerprint density at radius 1 is 1.09 bits per heavy atom. The first-order chi connectivity index (χ1) is 10.3. The predicted octanol–water partition coefficient (Wildman–Crippen LogP) is 3.41. The van der Waals surface area contributed by atoms with Gasteiger partial charge >= 0.3 is 5.97 Å². The van der Waals surface area contributed by atoms with E-state index in [1.54, 1.807) is 0 Å². The van der Waals surface area contributed by atoms with Crippen molar-refractivity contribution < 1.29 is 14.7 Å². The predicted molar refractivity (Wildman–Crippen MR) is 86.4 cm³/mol. The molecule has 22 heavy (non-hydrogen) atoms. The molecule has 2 rings (SSSR count). The van der Waals surface area contributed by atoms with Crippen molar-refractivity contribution in [3.05, 3.63) is 0 Å². The van der Waals surface area contributed by atoms with E-state index in [2.05, 4.69) is 13.8 Å². The molecule has 4 nitrogen and oxygen atoms in total. The topological polar surface area (TPSA) is 57.6 Å². The van der Waals surface area contributed by atoms with Gasteiger partial charge in [-0.25, -0.2) is 0 Å². The number of carbonyl (C=O) groups excluding carboxylic acids is 1. The third-order valence-corrected chi connectivity index (χ3v) is 6.21. The van der Waals surface area contributed by atoms with Crippen LogP contribution < -0.4 is 0 Å². The van der Waals surface area contributed by atoms with Crippen LogP contribution in [0.5, 0.6) is 0 Å². The van der Waals surface area contributed by atoms with E-state index in [0.29, 0.717) is 25.4 Å². The molecule has 0 bridgehead atoms.